The number of carboxylic acids is 1. The average molecular weight is 420 g/mol. The maximum absolute atomic E-state index is 12.4. The maximum atomic E-state index is 12.4. The van der Waals surface area contributed by atoms with E-state index in [-0.39, 0.29) is 23.7 Å². The third-order valence-electron chi connectivity index (χ3n) is 5.01. The molecular formula is C20H25N3O3S2. The zero-order valence-electron chi connectivity index (χ0n) is 16.0. The molecule has 1 saturated heterocycles. The fraction of sp³-hybridized carbons (Fsp3) is 0.450. The number of carboxylic acid groups (broad SMARTS) is 1. The summed E-state index contributed by atoms with van der Waals surface area (Å²) in [5.41, 5.74) is 8.94. The second kappa shape index (κ2) is 9.07. The standard InChI is InChI=1S/C20H25N3O3S2/c1-12(2)13-4-3-5-14(10-13)18(21)16-6-7-17(24)23(16)8-9-27-20-22-15(11-28-20)19(25)26/h3-5,10-12,16,18H,6-9,21H2,1-2H3,(H,25,26)/t16-,18?/m1/s1. The van der Waals surface area contributed by atoms with Gasteiger partial charge in [0.15, 0.2) is 10.0 Å². The van der Waals surface area contributed by atoms with Gasteiger partial charge in [0.05, 0.1) is 12.1 Å². The van der Waals surface area contributed by atoms with E-state index in [1.165, 1.54) is 34.0 Å². The van der Waals surface area contributed by atoms with Crippen LogP contribution in [0.3, 0.4) is 0 Å². The van der Waals surface area contributed by atoms with Crippen molar-refractivity contribution in [3.05, 3.63) is 46.5 Å². The summed E-state index contributed by atoms with van der Waals surface area (Å²) < 4.78 is 0.703. The lowest BCUT2D eigenvalue weighted by Gasteiger charge is -2.30. The Hall–Kier alpha value is -1.90. The average Bonchev–Trinajstić information content (AvgIpc) is 3.29. The summed E-state index contributed by atoms with van der Waals surface area (Å²) in [5, 5.41) is 10.5. The molecular weight excluding hydrogens is 394 g/mol. The van der Waals surface area contributed by atoms with Gasteiger partial charge < -0.3 is 15.7 Å². The zero-order chi connectivity index (χ0) is 20.3. The molecule has 0 radical (unpaired) electrons. The molecule has 1 aromatic heterocycles. The van der Waals surface area contributed by atoms with Crippen molar-refractivity contribution in [2.75, 3.05) is 12.3 Å². The molecule has 28 heavy (non-hydrogen) atoms. The Morgan fingerprint density at radius 2 is 2.18 bits per heavy atom. The first-order chi connectivity index (χ1) is 13.4. The molecule has 0 saturated carbocycles. The van der Waals surface area contributed by atoms with Crippen LogP contribution >= 0.6 is 23.1 Å². The molecule has 2 atom stereocenters. The molecule has 3 N–H and O–H groups in total. The number of amides is 1. The van der Waals surface area contributed by atoms with Crippen LogP contribution in [0.5, 0.6) is 0 Å². The monoisotopic (exact) mass is 419 g/mol. The molecule has 2 heterocycles. The minimum atomic E-state index is -1.02. The number of hydrogen-bond donors (Lipinski definition) is 2. The van der Waals surface area contributed by atoms with Crippen molar-refractivity contribution < 1.29 is 14.7 Å². The van der Waals surface area contributed by atoms with Crippen molar-refractivity contribution in [3.63, 3.8) is 0 Å². The highest BCUT2D eigenvalue weighted by atomic mass is 32.2. The van der Waals surface area contributed by atoms with Crippen LogP contribution in [0.25, 0.3) is 0 Å². The van der Waals surface area contributed by atoms with E-state index in [1.807, 2.05) is 17.0 Å². The summed E-state index contributed by atoms with van der Waals surface area (Å²) in [6.07, 6.45) is 1.28. The summed E-state index contributed by atoms with van der Waals surface area (Å²) >= 11 is 2.79. The third kappa shape index (κ3) is 4.74. The number of benzene rings is 1. The quantitative estimate of drug-likeness (QED) is 0.633. The molecule has 1 unspecified atom stereocenters. The molecule has 8 heteroatoms. The van der Waals surface area contributed by atoms with Gasteiger partial charge in [-0.05, 0) is 23.5 Å². The molecule has 1 aromatic carbocycles. The van der Waals surface area contributed by atoms with E-state index in [4.69, 9.17) is 10.8 Å². The molecule has 0 spiro atoms. The number of nitrogens with zero attached hydrogens (tertiary/aromatic N) is 2. The first-order valence-electron chi connectivity index (χ1n) is 9.33. The summed E-state index contributed by atoms with van der Waals surface area (Å²) in [6, 6.07) is 8.09. The molecule has 6 nitrogen and oxygen atoms in total. The molecule has 3 rings (SSSR count). The fourth-order valence-electron chi connectivity index (χ4n) is 3.42. The maximum Gasteiger partial charge on any atom is 0.355 e. The Morgan fingerprint density at radius 1 is 1.43 bits per heavy atom. The largest absolute Gasteiger partial charge is 0.476 e. The molecule has 0 bridgehead atoms. The zero-order valence-corrected chi connectivity index (χ0v) is 17.6. The van der Waals surface area contributed by atoms with Gasteiger partial charge in [-0.2, -0.15) is 0 Å². The van der Waals surface area contributed by atoms with Gasteiger partial charge in [-0.3, -0.25) is 4.79 Å². The lowest BCUT2D eigenvalue weighted by molar-refractivity contribution is -0.128. The van der Waals surface area contributed by atoms with Crippen molar-refractivity contribution in [3.8, 4) is 0 Å². The van der Waals surface area contributed by atoms with Gasteiger partial charge in [-0.25, -0.2) is 9.78 Å². The molecule has 1 amide bonds. The topological polar surface area (TPSA) is 96.5 Å². The SMILES string of the molecule is CC(C)c1cccc(C(N)[C@H]2CCC(=O)N2CCSc2nc(C(=O)O)cs2)c1. The number of carbonyl (C=O) groups is 2. The molecule has 1 aliphatic rings. The van der Waals surface area contributed by atoms with Crippen LogP contribution in [-0.4, -0.2) is 45.2 Å². The van der Waals surface area contributed by atoms with Crippen LogP contribution in [0.2, 0.25) is 0 Å². The van der Waals surface area contributed by atoms with Gasteiger partial charge in [-0.15, -0.1) is 11.3 Å². The summed E-state index contributed by atoms with van der Waals surface area (Å²) in [5.74, 6) is 0.200. The van der Waals surface area contributed by atoms with Crippen LogP contribution in [0.1, 0.15) is 60.3 Å². The van der Waals surface area contributed by atoms with Gasteiger partial charge >= 0.3 is 5.97 Å². The summed E-state index contributed by atoms with van der Waals surface area (Å²) in [6.45, 7) is 4.89. The molecule has 150 valence electrons. The second-order valence-electron chi connectivity index (χ2n) is 7.20. The summed E-state index contributed by atoms with van der Waals surface area (Å²) in [4.78, 5) is 29.3. The Morgan fingerprint density at radius 3 is 2.86 bits per heavy atom. The number of hydrogen-bond acceptors (Lipinski definition) is 6. The van der Waals surface area contributed by atoms with Gasteiger partial charge in [0.25, 0.3) is 0 Å². The first kappa shape index (κ1) is 20.8. The number of aromatic carboxylic acids is 1. The van der Waals surface area contributed by atoms with Crippen LogP contribution in [-0.2, 0) is 4.79 Å². The smallest absolute Gasteiger partial charge is 0.355 e. The van der Waals surface area contributed by atoms with Gasteiger partial charge in [0, 0.05) is 24.1 Å². The highest BCUT2D eigenvalue weighted by Gasteiger charge is 2.35. The normalized spacial score (nSPS) is 18.1. The van der Waals surface area contributed by atoms with E-state index >= 15 is 0 Å². The third-order valence-corrected chi connectivity index (χ3v) is 7.01. The Balaban J connectivity index is 1.63. The number of aromatic nitrogens is 1. The van der Waals surface area contributed by atoms with Crippen molar-refractivity contribution in [1.29, 1.82) is 0 Å². The number of thiazole rings is 1. The lowest BCUT2D eigenvalue weighted by Crippen LogP contribution is -2.41. The van der Waals surface area contributed by atoms with Crippen molar-refractivity contribution >= 4 is 35.0 Å². The number of thioether (sulfide) groups is 1. The Kier molecular flexibility index (Phi) is 6.74. The Labute approximate surface area is 173 Å². The molecule has 0 aliphatic carbocycles. The summed E-state index contributed by atoms with van der Waals surface area (Å²) in [7, 11) is 0. The minimum Gasteiger partial charge on any atom is -0.476 e. The van der Waals surface area contributed by atoms with Crippen molar-refractivity contribution in [2.24, 2.45) is 5.73 Å². The second-order valence-corrected chi connectivity index (χ2v) is 9.40. The van der Waals surface area contributed by atoms with Crippen LogP contribution < -0.4 is 5.73 Å². The van der Waals surface area contributed by atoms with Crippen LogP contribution in [0, 0.1) is 0 Å². The predicted molar refractivity (Wildman–Crippen MR) is 112 cm³/mol. The number of nitrogens with two attached hydrogens (primary N) is 1. The number of rotatable bonds is 8. The van der Waals surface area contributed by atoms with E-state index in [0.29, 0.717) is 29.0 Å². The predicted octanol–water partition coefficient (Wildman–Crippen LogP) is 3.75. The molecule has 1 aliphatic heterocycles. The molecule has 1 fully saturated rings. The molecule has 2 aromatic rings. The fourth-order valence-corrected chi connectivity index (χ4v) is 5.23. The van der Waals surface area contributed by atoms with Gasteiger partial charge in [0.1, 0.15) is 0 Å². The van der Waals surface area contributed by atoms with E-state index in [9.17, 15) is 9.59 Å². The lowest BCUT2D eigenvalue weighted by atomic mass is 9.94. The Bertz CT molecular complexity index is 853. The van der Waals surface area contributed by atoms with Crippen molar-refractivity contribution in [1.82, 2.24) is 9.88 Å². The highest BCUT2D eigenvalue weighted by molar-refractivity contribution is 8.01. The van der Waals surface area contributed by atoms with Crippen LogP contribution in [0.15, 0.2) is 34.0 Å². The van der Waals surface area contributed by atoms with E-state index < -0.39 is 5.97 Å². The van der Waals surface area contributed by atoms with Gasteiger partial charge in [-0.1, -0.05) is 49.9 Å². The van der Waals surface area contributed by atoms with Crippen LogP contribution in [0.4, 0.5) is 0 Å². The van der Waals surface area contributed by atoms with Crippen molar-refractivity contribution in [2.45, 2.75) is 49.0 Å². The van der Waals surface area contributed by atoms with E-state index in [2.05, 4.69) is 31.0 Å². The highest BCUT2D eigenvalue weighted by Crippen LogP contribution is 2.31. The number of carbonyl (C=O) groups excluding carboxylic acids is 1. The van der Waals surface area contributed by atoms with E-state index in [1.54, 1.807) is 0 Å². The van der Waals surface area contributed by atoms with E-state index in [0.717, 1.165) is 12.0 Å². The first-order valence-corrected chi connectivity index (χ1v) is 11.2. The van der Waals surface area contributed by atoms with Gasteiger partial charge in [0.2, 0.25) is 5.91 Å². The minimum absolute atomic E-state index is 0.0126. The number of likely N-dealkylation sites (tertiary alicyclic amines) is 1.